The zero-order chi connectivity index (χ0) is 14.7. The predicted molar refractivity (Wildman–Crippen MR) is 83.9 cm³/mol. The van der Waals surface area contributed by atoms with Crippen molar-refractivity contribution in [3.8, 4) is 0 Å². The second-order valence-electron chi connectivity index (χ2n) is 5.83. The second kappa shape index (κ2) is 6.46. The summed E-state index contributed by atoms with van der Waals surface area (Å²) in [6, 6.07) is 5.66. The Balaban J connectivity index is 1.95. The van der Waals surface area contributed by atoms with Gasteiger partial charge in [0.1, 0.15) is 0 Å². The molecule has 0 bridgehead atoms. The van der Waals surface area contributed by atoms with Crippen LogP contribution < -0.4 is 11.1 Å². The number of nitrogens with one attached hydrogen (secondary N) is 1. The lowest BCUT2D eigenvalue weighted by Gasteiger charge is -2.23. The standard InChI is InChI=1S/C15H22ClN3O/c1-10(2)8-19(12-4-5-12)9-15(20)18-14-7-11(16)3-6-13(14)17/h3,6-7,10,12H,4-5,8-9,17H2,1-2H3,(H,18,20). The number of amides is 1. The average Bonchev–Trinajstić information content (AvgIpc) is 3.16. The van der Waals surface area contributed by atoms with Crippen LogP contribution in [0.3, 0.4) is 0 Å². The predicted octanol–water partition coefficient (Wildman–Crippen LogP) is 2.98. The number of rotatable bonds is 6. The summed E-state index contributed by atoms with van der Waals surface area (Å²) in [5.41, 5.74) is 6.95. The number of carbonyl (C=O) groups is 1. The molecule has 5 heteroatoms. The normalized spacial score (nSPS) is 14.8. The number of nitrogens with two attached hydrogens (primary N) is 1. The second-order valence-corrected chi connectivity index (χ2v) is 6.27. The van der Waals surface area contributed by atoms with Gasteiger partial charge in [-0.15, -0.1) is 0 Å². The van der Waals surface area contributed by atoms with E-state index in [2.05, 4.69) is 24.1 Å². The van der Waals surface area contributed by atoms with Crippen molar-refractivity contribution in [3.63, 3.8) is 0 Å². The van der Waals surface area contributed by atoms with Gasteiger partial charge in [-0.3, -0.25) is 9.69 Å². The molecule has 0 saturated heterocycles. The Morgan fingerprint density at radius 2 is 2.20 bits per heavy atom. The van der Waals surface area contributed by atoms with Gasteiger partial charge >= 0.3 is 0 Å². The van der Waals surface area contributed by atoms with Crippen LogP contribution in [0.5, 0.6) is 0 Å². The SMILES string of the molecule is CC(C)CN(CC(=O)Nc1cc(Cl)ccc1N)C1CC1. The van der Waals surface area contributed by atoms with Gasteiger partial charge in [-0.2, -0.15) is 0 Å². The fourth-order valence-corrected chi connectivity index (χ4v) is 2.43. The third-order valence-corrected chi connectivity index (χ3v) is 3.53. The van der Waals surface area contributed by atoms with E-state index in [-0.39, 0.29) is 5.91 Å². The van der Waals surface area contributed by atoms with Crippen LogP contribution in [0, 0.1) is 5.92 Å². The lowest BCUT2D eigenvalue weighted by molar-refractivity contribution is -0.117. The molecule has 1 amide bonds. The van der Waals surface area contributed by atoms with Crippen LogP contribution in [0.4, 0.5) is 11.4 Å². The quantitative estimate of drug-likeness (QED) is 0.793. The van der Waals surface area contributed by atoms with Gasteiger partial charge in [-0.05, 0) is 37.0 Å². The minimum absolute atomic E-state index is 0.0356. The summed E-state index contributed by atoms with van der Waals surface area (Å²) in [4.78, 5) is 14.4. The Kier molecular flexibility index (Phi) is 4.89. The first-order valence-corrected chi connectivity index (χ1v) is 7.42. The maximum Gasteiger partial charge on any atom is 0.238 e. The minimum atomic E-state index is -0.0356. The van der Waals surface area contributed by atoms with Crippen LogP contribution in [-0.2, 0) is 4.79 Å². The zero-order valence-electron chi connectivity index (χ0n) is 12.0. The molecule has 1 aliphatic carbocycles. The minimum Gasteiger partial charge on any atom is -0.397 e. The monoisotopic (exact) mass is 295 g/mol. The number of hydrogen-bond acceptors (Lipinski definition) is 3. The average molecular weight is 296 g/mol. The third kappa shape index (κ3) is 4.39. The number of anilines is 2. The van der Waals surface area contributed by atoms with Gasteiger partial charge in [-0.25, -0.2) is 0 Å². The summed E-state index contributed by atoms with van der Waals surface area (Å²) >= 11 is 5.92. The van der Waals surface area contributed by atoms with Gasteiger partial charge in [0, 0.05) is 17.6 Å². The largest absolute Gasteiger partial charge is 0.397 e. The summed E-state index contributed by atoms with van der Waals surface area (Å²) in [6.07, 6.45) is 2.39. The molecule has 0 radical (unpaired) electrons. The van der Waals surface area contributed by atoms with Gasteiger partial charge in [0.2, 0.25) is 5.91 Å². The summed E-state index contributed by atoms with van der Waals surface area (Å²) in [7, 11) is 0. The molecule has 0 unspecified atom stereocenters. The molecule has 1 saturated carbocycles. The Hall–Kier alpha value is -1.26. The van der Waals surface area contributed by atoms with Crippen LogP contribution in [0.15, 0.2) is 18.2 Å². The zero-order valence-corrected chi connectivity index (χ0v) is 12.8. The van der Waals surface area contributed by atoms with E-state index in [1.54, 1.807) is 18.2 Å². The van der Waals surface area contributed by atoms with Gasteiger partial charge < -0.3 is 11.1 Å². The molecule has 4 nitrogen and oxygen atoms in total. The number of carbonyl (C=O) groups excluding carboxylic acids is 1. The first kappa shape index (κ1) is 15.1. The molecule has 0 spiro atoms. The fraction of sp³-hybridized carbons (Fsp3) is 0.533. The molecular formula is C15H22ClN3O. The fourth-order valence-electron chi connectivity index (χ4n) is 2.26. The molecule has 2 rings (SSSR count). The Bertz CT molecular complexity index is 486. The molecule has 1 aromatic rings. The van der Waals surface area contributed by atoms with E-state index in [0.717, 1.165) is 6.54 Å². The third-order valence-electron chi connectivity index (χ3n) is 3.30. The summed E-state index contributed by atoms with van der Waals surface area (Å²) in [6.45, 7) is 5.70. The highest BCUT2D eigenvalue weighted by Crippen LogP contribution is 2.28. The summed E-state index contributed by atoms with van der Waals surface area (Å²) in [5.74, 6) is 0.520. The van der Waals surface area contributed by atoms with Crippen molar-refractivity contribution in [2.75, 3.05) is 24.1 Å². The molecule has 0 aromatic heterocycles. The number of nitrogen functional groups attached to an aromatic ring is 1. The van der Waals surface area contributed by atoms with Gasteiger partial charge in [0.05, 0.1) is 17.9 Å². The van der Waals surface area contributed by atoms with Crippen LogP contribution in [0.25, 0.3) is 0 Å². The summed E-state index contributed by atoms with van der Waals surface area (Å²) in [5, 5.41) is 3.41. The summed E-state index contributed by atoms with van der Waals surface area (Å²) < 4.78 is 0. The molecular weight excluding hydrogens is 274 g/mol. The molecule has 3 N–H and O–H groups in total. The van der Waals surface area contributed by atoms with Crippen LogP contribution in [0.2, 0.25) is 5.02 Å². The maximum atomic E-state index is 12.1. The number of hydrogen-bond donors (Lipinski definition) is 2. The highest BCUT2D eigenvalue weighted by atomic mass is 35.5. The van der Waals surface area contributed by atoms with E-state index in [1.165, 1.54) is 12.8 Å². The van der Waals surface area contributed by atoms with Crippen molar-refractivity contribution >= 4 is 28.9 Å². The maximum absolute atomic E-state index is 12.1. The first-order valence-electron chi connectivity index (χ1n) is 7.04. The van der Waals surface area contributed by atoms with Gasteiger partial charge in [0.15, 0.2) is 0 Å². The molecule has 20 heavy (non-hydrogen) atoms. The topological polar surface area (TPSA) is 58.4 Å². The van der Waals surface area contributed by atoms with Crippen molar-refractivity contribution in [1.29, 1.82) is 0 Å². The van der Waals surface area contributed by atoms with Crippen LogP contribution >= 0.6 is 11.6 Å². The van der Waals surface area contributed by atoms with E-state index in [9.17, 15) is 4.79 Å². The van der Waals surface area contributed by atoms with Crippen molar-refractivity contribution in [2.45, 2.75) is 32.7 Å². The Morgan fingerprint density at radius 1 is 1.50 bits per heavy atom. The smallest absolute Gasteiger partial charge is 0.238 e. The molecule has 1 fully saturated rings. The van der Waals surface area contributed by atoms with E-state index in [1.807, 2.05) is 0 Å². The van der Waals surface area contributed by atoms with Crippen molar-refractivity contribution in [2.24, 2.45) is 5.92 Å². The Labute approximate surface area is 125 Å². The van der Waals surface area contributed by atoms with E-state index in [4.69, 9.17) is 17.3 Å². The lowest BCUT2D eigenvalue weighted by Crippen LogP contribution is -2.37. The molecule has 0 heterocycles. The first-order chi connectivity index (χ1) is 9.45. The van der Waals surface area contributed by atoms with Crippen LogP contribution in [0.1, 0.15) is 26.7 Å². The van der Waals surface area contributed by atoms with E-state index >= 15 is 0 Å². The van der Waals surface area contributed by atoms with Gasteiger partial charge in [0.25, 0.3) is 0 Å². The number of nitrogens with zero attached hydrogens (tertiary/aromatic N) is 1. The highest BCUT2D eigenvalue weighted by Gasteiger charge is 2.30. The van der Waals surface area contributed by atoms with Crippen LogP contribution in [-0.4, -0.2) is 29.9 Å². The Morgan fingerprint density at radius 3 is 2.80 bits per heavy atom. The van der Waals surface area contributed by atoms with E-state index < -0.39 is 0 Å². The number of halogens is 1. The van der Waals surface area contributed by atoms with Crippen molar-refractivity contribution in [3.05, 3.63) is 23.2 Å². The number of benzene rings is 1. The van der Waals surface area contributed by atoms with Gasteiger partial charge in [-0.1, -0.05) is 25.4 Å². The van der Waals surface area contributed by atoms with Crippen molar-refractivity contribution < 1.29 is 4.79 Å². The van der Waals surface area contributed by atoms with E-state index in [0.29, 0.717) is 34.9 Å². The molecule has 0 aliphatic heterocycles. The molecule has 0 atom stereocenters. The van der Waals surface area contributed by atoms with Crippen molar-refractivity contribution in [1.82, 2.24) is 4.90 Å². The highest BCUT2D eigenvalue weighted by molar-refractivity contribution is 6.31. The molecule has 1 aromatic carbocycles. The molecule has 1 aliphatic rings. The lowest BCUT2D eigenvalue weighted by atomic mass is 10.2. The molecule has 110 valence electrons.